The molecule has 1 aliphatic rings. The summed E-state index contributed by atoms with van der Waals surface area (Å²) in [5.74, 6) is -1.06. The van der Waals surface area contributed by atoms with E-state index in [4.69, 9.17) is 4.42 Å². The minimum absolute atomic E-state index is 0.0885. The molecule has 3 N–H and O–H groups in total. The lowest BCUT2D eigenvalue weighted by molar-refractivity contribution is 0.0964. The van der Waals surface area contributed by atoms with Gasteiger partial charge in [0, 0.05) is 40.7 Å². The highest BCUT2D eigenvalue weighted by molar-refractivity contribution is 7.92. The molecule has 0 bridgehead atoms. The number of likely N-dealkylation sites (tertiary alicyclic amines) is 1. The van der Waals surface area contributed by atoms with E-state index in [0.717, 1.165) is 17.7 Å². The van der Waals surface area contributed by atoms with Crippen LogP contribution in [-0.4, -0.2) is 50.6 Å². The highest BCUT2D eigenvalue weighted by atomic mass is 32.2. The summed E-state index contributed by atoms with van der Waals surface area (Å²) in [5.41, 5.74) is 3.83. The zero-order valence-electron chi connectivity index (χ0n) is 24.0. The lowest BCUT2D eigenvalue weighted by Gasteiger charge is -2.37. The van der Waals surface area contributed by atoms with Gasteiger partial charge < -0.3 is 14.7 Å². The second-order valence-corrected chi connectivity index (χ2v) is 13.0. The summed E-state index contributed by atoms with van der Waals surface area (Å²) in [6.45, 7) is 2.27. The number of furan rings is 1. The zero-order valence-corrected chi connectivity index (χ0v) is 24.8. The Hall–Kier alpha value is -4.22. The maximum atomic E-state index is 14.5. The predicted octanol–water partition coefficient (Wildman–Crippen LogP) is 6.53. The molecule has 2 unspecified atom stereocenters. The van der Waals surface area contributed by atoms with Crippen molar-refractivity contribution in [3.63, 3.8) is 0 Å². The first-order valence-electron chi connectivity index (χ1n) is 14.1. The molecular formula is C32H32F2N4O4S. The summed E-state index contributed by atoms with van der Waals surface area (Å²) >= 11 is 0. The number of fused-ring (bicyclic) bond motifs is 2. The van der Waals surface area contributed by atoms with E-state index in [1.165, 1.54) is 37.4 Å². The van der Waals surface area contributed by atoms with E-state index in [1.54, 1.807) is 19.1 Å². The molecule has 1 aliphatic heterocycles. The van der Waals surface area contributed by atoms with Crippen LogP contribution < -0.4 is 10.0 Å². The van der Waals surface area contributed by atoms with Gasteiger partial charge in [-0.05, 0) is 93.4 Å². The molecule has 6 rings (SSSR count). The van der Waals surface area contributed by atoms with E-state index in [1.807, 2.05) is 25.2 Å². The lowest BCUT2D eigenvalue weighted by Crippen LogP contribution is -2.33. The van der Waals surface area contributed by atoms with Gasteiger partial charge in [0.05, 0.1) is 23.0 Å². The number of nitrogens with zero attached hydrogens (tertiary/aromatic N) is 1. The number of benzene rings is 3. The molecule has 11 heteroatoms. The first-order valence-corrected chi connectivity index (χ1v) is 15.8. The molecule has 3 heterocycles. The number of H-pyrrole nitrogens is 1. The highest BCUT2D eigenvalue weighted by Crippen LogP contribution is 2.45. The van der Waals surface area contributed by atoms with Gasteiger partial charge in [0.15, 0.2) is 0 Å². The Kier molecular flexibility index (Phi) is 7.47. The van der Waals surface area contributed by atoms with Crippen LogP contribution in [0.2, 0.25) is 0 Å². The van der Waals surface area contributed by atoms with Crippen molar-refractivity contribution >= 4 is 43.5 Å². The Morgan fingerprint density at radius 1 is 1.09 bits per heavy atom. The van der Waals surface area contributed by atoms with Crippen molar-refractivity contribution in [3.8, 4) is 11.3 Å². The van der Waals surface area contributed by atoms with Crippen LogP contribution in [0.3, 0.4) is 0 Å². The minimum Gasteiger partial charge on any atom is -0.455 e. The molecule has 8 nitrogen and oxygen atoms in total. The summed E-state index contributed by atoms with van der Waals surface area (Å²) in [7, 11) is -0.119. The molecule has 5 aromatic rings. The number of hydrogen-bond acceptors (Lipinski definition) is 5. The number of hydrogen-bond donors (Lipinski definition) is 3. The Balaban J connectivity index is 1.49. The van der Waals surface area contributed by atoms with Crippen molar-refractivity contribution in [2.24, 2.45) is 0 Å². The Labute approximate surface area is 248 Å². The normalized spacial score (nSPS) is 17.9. The van der Waals surface area contributed by atoms with Gasteiger partial charge in [-0.1, -0.05) is 6.07 Å². The number of halogens is 2. The van der Waals surface area contributed by atoms with Crippen LogP contribution in [0.15, 0.2) is 65.1 Å². The average molecular weight is 607 g/mol. The van der Waals surface area contributed by atoms with E-state index in [9.17, 15) is 22.0 Å². The summed E-state index contributed by atoms with van der Waals surface area (Å²) in [6.07, 6.45) is 1.35. The Bertz CT molecular complexity index is 1950. The van der Waals surface area contributed by atoms with Crippen LogP contribution in [0.5, 0.6) is 0 Å². The molecule has 0 radical (unpaired) electrons. The zero-order chi connectivity index (χ0) is 30.5. The Morgan fingerprint density at radius 2 is 1.86 bits per heavy atom. The fraction of sp³-hybridized carbons (Fsp3) is 0.281. The van der Waals surface area contributed by atoms with Crippen molar-refractivity contribution in [1.82, 2.24) is 15.2 Å². The van der Waals surface area contributed by atoms with E-state index < -0.39 is 15.8 Å². The van der Waals surface area contributed by atoms with E-state index >= 15 is 0 Å². The molecule has 43 heavy (non-hydrogen) atoms. The van der Waals surface area contributed by atoms with E-state index in [0.29, 0.717) is 46.1 Å². The molecule has 2 aromatic heterocycles. The largest absolute Gasteiger partial charge is 0.455 e. The number of carbonyl (C=O) groups is 1. The third-order valence-electron chi connectivity index (χ3n) is 8.37. The van der Waals surface area contributed by atoms with Gasteiger partial charge in [-0.2, -0.15) is 0 Å². The van der Waals surface area contributed by atoms with Gasteiger partial charge in [0.1, 0.15) is 23.0 Å². The fourth-order valence-electron chi connectivity index (χ4n) is 6.03. The van der Waals surface area contributed by atoms with E-state index in [-0.39, 0.29) is 40.8 Å². The van der Waals surface area contributed by atoms with Gasteiger partial charge in [0.2, 0.25) is 10.0 Å². The fourth-order valence-corrected chi connectivity index (χ4v) is 6.69. The number of amides is 1. The van der Waals surface area contributed by atoms with Gasteiger partial charge in [-0.25, -0.2) is 17.2 Å². The molecule has 0 saturated carbocycles. The van der Waals surface area contributed by atoms with Crippen molar-refractivity contribution < 1.29 is 26.4 Å². The second-order valence-electron chi connectivity index (χ2n) is 11.0. The van der Waals surface area contributed by atoms with Crippen LogP contribution in [0.1, 0.15) is 53.3 Å². The Morgan fingerprint density at radius 3 is 2.56 bits per heavy atom. The maximum Gasteiger partial charge on any atom is 0.255 e. The minimum atomic E-state index is -3.65. The monoisotopic (exact) mass is 606 g/mol. The molecule has 224 valence electrons. The number of carbonyl (C=O) groups excluding carboxylic acids is 1. The molecule has 1 saturated heterocycles. The molecule has 2 atom stereocenters. The van der Waals surface area contributed by atoms with Gasteiger partial charge >= 0.3 is 0 Å². The second kappa shape index (κ2) is 11.1. The smallest absolute Gasteiger partial charge is 0.255 e. The standard InChI is InChI=1S/C32H32F2N4O4S/c1-4-43(40,41)37-26-17-29-23(30(32(39)35-2)31(42-29)18-8-10-20(33)11-9-18)15-21(26)19-12-13-38(3)28(14-19)27-16-22-24(34)6-5-7-25(22)36-27/h5-11,15-17,19,28,36-37H,4,12-14H2,1-3H3,(H,35,39). The van der Waals surface area contributed by atoms with Crippen LogP contribution in [0.4, 0.5) is 14.5 Å². The van der Waals surface area contributed by atoms with E-state index in [2.05, 4.69) is 19.9 Å². The molecule has 0 aliphatic carbocycles. The maximum absolute atomic E-state index is 14.5. The number of aromatic nitrogens is 1. The first kappa shape index (κ1) is 28.9. The molecule has 0 spiro atoms. The van der Waals surface area contributed by atoms with Gasteiger partial charge in [0.25, 0.3) is 5.91 Å². The highest BCUT2D eigenvalue weighted by Gasteiger charge is 2.33. The SMILES string of the molecule is CCS(=O)(=O)Nc1cc2oc(-c3ccc(F)cc3)c(C(=O)NC)c2cc1C1CCN(C)C(c2cc3c(F)cccc3[nH]2)C1. The number of piperidine rings is 1. The lowest BCUT2D eigenvalue weighted by atomic mass is 9.83. The van der Waals surface area contributed by atoms with Crippen molar-refractivity contribution in [2.75, 3.05) is 31.1 Å². The first-order chi connectivity index (χ1) is 20.6. The van der Waals surface area contributed by atoms with Crippen LogP contribution >= 0.6 is 0 Å². The van der Waals surface area contributed by atoms with Gasteiger partial charge in [-0.15, -0.1) is 0 Å². The van der Waals surface area contributed by atoms with Crippen LogP contribution in [-0.2, 0) is 10.0 Å². The third kappa shape index (κ3) is 5.38. The average Bonchev–Trinajstić information content (AvgIpc) is 3.59. The van der Waals surface area contributed by atoms with Crippen molar-refractivity contribution in [2.45, 2.75) is 31.7 Å². The van der Waals surface area contributed by atoms with Gasteiger partial charge in [-0.3, -0.25) is 14.4 Å². The van der Waals surface area contributed by atoms with Crippen LogP contribution in [0, 0.1) is 11.6 Å². The summed E-state index contributed by atoms with van der Waals surface area (Å²) in [4.78, 5) is 18.8. The molecule has 1 amide bonds. The number of nitrogens with one attached hydrogen (secondary N) is 3. The number of sulfonamides is 1. The van der Waals surface area contributed by atoms with Crippen molar-refractivity contribution in [3.05, 3.63) is 89.1 Å². The quantitative estimate of drug-likeness (QED) is 0.195. The van der Waals surface area contributed by atoms with Crippen LogP contribution in [0.25, 0.3) is 33.2 Å². The summed E-state index contributed by atoms with van der Waals surface area (Å²) in [6, 6.07) is 15.8. The third-order valence-corrected chi connectivity index (χ3v) is 9.66. The molecule has 3 aromatic carbocycles. The molecular weight excluding hydrogens is 574 g/mol. The number of rotatable bonds is 7. The summed E-state index contributed by atoms with van der Waals surface area (Å²) < 4.78 is 62.7. The number of anilines is 1. The topological polar surface area (TPSA) is 107 Å². The molecule has 1 fully saturated rings. The number of aromatic amines is 1. The van der Waals surface area contributed by atoms with Crippen molar-refractivity contribution in [1.29, 1.82) is 0 Å². The summed E-state index contributed by atoms with van der Waals surface area (Å²) in [5, 5.41) is 3.71. The predicted molar refractivity (Wildman–Crippen MR) is 164 cm³/mol.